The Morgan fingerprint density at radius 2 is 2.31 bits per heavy atom. The van der Waals surface area contributed by atoms with E-state index in [-0.39, 0.29) is 3.57 Å². The van der Waals surface area contributed by atoms with E-state index in [2.05, 4.69) is 0 Å². The van der Waals surface area contributed by atoms with Crippen LogP contribution >= 0.6 is 22.6 Å². The fourth-order valence-corrected chi connectivity index (χ4v) is 0.980. The highest BCUT2D eigenvalue weighted by Gasteiger charge is 2.18. The second-order valence-corrected chi connectivity index (χ2v) is 3.05. The summed E-state index contributed by atoms with van der Waals surface area (Å²) in [5.41, 5.74) is -0.780. The first-order valence-electron chi connectivity index (χ1n) is 4.46. The van der Waals surface area contributed by atoms with Crippen LogP contribution in [0.15, 0.2) is 18.1 Å². The summed E-state index contributed by atoms with van der Waals surface area (Å²) in [6.07, 6.45) is 0. The predicted octanol–water partition coefficient (Wildman–Crippen LogP) is 1.41. The molecule has 0 fully saturated rings. The molecule has 0 bridgehead atoms. The minimum absolute atomic E-state index is 0.163. The number of nitrogens with zero attached hydrogens (tertiary/aromatic N) is 1. The summed E-state index contributed by atoms with van der Waals surface area (Å²) in [5.74, 6) is -2.25. The number of hydrogen-bond donors (Lipinski definition) is 1. The minimum Gasteiger partial charge on any atom is -0.507 e. The lowest BCUT2D eigenvalue weighted by Gasteiger charge is -1.96. The largest absolute Gasteiger partial charge is 0.507 e. The van der Waals surface area contributed by atoms with Gasteiger partial charge in [-0.15, -0.1) is 0 Å². The highest BCUT2D eigenvalue weighted by molar-refractivity contribution is 14.1. The Labute approximate surface area is 90.9 Å². The molecule has 0 saturated heterocycles. The Kier molecular flexibility index (Phi) is 1.79. The van der Waals surface area contributed by atoms with Crippen LogP contribution in [0.4, 0.5) is 0 Å². The summed E-state index contributed by atoms with van der Waals surface area (Å²) in [7, 11) is 0. The molecular weight excluding hydrogens is 289 g/mol. The number of carbonyl (C=O) groups is 1. The van der Waals surface area contributed by atoms with Crippen molar-refractivity contribution >= 4 is 28.5 Å². The molecule has 13 heavy (non-hydrogen) atoms. The number of halogens is 1. The van der Waals surface area contributed by atoms with Gasteiger partial charge in [0.15, 0.2) is 0 Å². The Morgan fingerprint density at radius 1 is 1.69 bits per heavy atom. The Morgan fingerprint density at radius 3 is 2.85 bits per heavy atom. The number of phenolic OH excluding ortho intramolecular Hbond substituents is 1. The zero-order valence-electron chi connectivity index (χ0n) is 9.00. The number of hydrogen-bond acceptors (Lipinski definition) is 4. The van der Waals surface area contributed by atoms with E-state index >= 15 is 0 Å². The lowest BCUT2D eigenvalue weighted by molar-refractivity contribution is -0.375. The van der Waals surface area contributed by atoms with Crippen LogP contribution in [0.3, 0.4) is 0 Å². The Balaban J connectivity index is 3.64. The first kappa shape index (κ1) is 6.30. The number of aromatic hydroxyl groups is 1. The van der Waals surface area contributed by atoms with Crippen molar-refractivity contribution in [3.8, 4) is 5.75 Å². The van der Waals surface area contributed by atoms with Crippen molar-refractivity contribution < 1.29 is 18.9 Å². The van der Waals surface area contributed by atoms with Gasteiger partial charge >= 0.3 is 5.91 Å². The molecule has 1 aromatic rings. The third-order valence-electron chi connectivity index (χ3n) is 1.13. The van der Waals surface area contributed by atoms with Crippen LogP contribution in [0.25, 0.3) is 0 Å². The molecule has 1 amide bonds. The number of carbonyl (C=O) groups excluding carboxylic acids is 1. The molecule has 0 spiro atoms. The zero-order chi connectivity index (χ0) is 12.6. The molecule has 0 aromatic heterocycles. The molecule has 5 nitrogen and oxygen atoms in total. The molecule has 1 aromatic carbocycles. The van der Waals surface area contributed by atoms with Crippen LogP contribution in [0, 0.1) is 13.7 Å². The molecule has 0 atom stereocenters. The fraction of sp³-hybridized carbons (Fsp3) is 0. The number of amides is 1. The van der Waals surface area contributed by atoms with Gasteiger partial charge in [-0.2, -0.15) is 0 Å². The average molecular weight is 296 g/mol. The smallest absolute Gasteiger partial charge is 0.476 e. The maximum absolute atomic E-state index is 11.1. The van der Waals surface area contributed by atoms with Crippen molar-refractivity contribution in [3.05, 3.63) is 37.4 Å². The van der Waals surface area contributed by atoms with Gasteiger partial charge in [-0.3, -0.25) is 10.1 Å². The zero-order valence-corrected chi connectivity index (χ0v) is 8.15. The number of rotatable bonds is 1. The van der Waals surface area contributed by atoms with E-state index in [0.717, 1.165) is 0 Å². The van der Waals surface area contributed by atoms with Crippen LogP contribution in [0.5, 0.6) is 5.75 Å². The molecule has 0 radical (unpaired) electrons. The van der Waals surface area contributed by atoms with Crippen molar-refractivity contribution in [3.63, 3.8) is 0 Å². The van der Waals surface area contributed by atoms with Gasteiger partial charge in [-0.05, 0) is 40.7 Å². The highest BCUT2D eigenvalue weighted by Crippen LogP contribution is 2.20. The maximum Gasteiger partial charge on any atom is 0.476 e. The molecular formula is C7H4INO4. The van der Waals surface area contributed by atoms with Gasteiger partial charge in [0, 0.05) is 0 Å². The first-order chi connectivity index (χ1) is 7.29. The van der Waals surface area contributed by atoms with E-state index in [1.165, 1.54) is 22.6 Å². The average Bonchev–Trinajstić information content (AvgIpc) is 2.23. The number of phenols is 1. The topological polar surface area (TPSA) is 80.4 Å². The molecule has 0 heterocycles. The van der Waals surface area contributed by atoms with Crippen LogP contribution in [0.2, 0.25) is 0 Å². The summed E-state index contributed by atoms with van der Waals surface area (Å²) in [6, 6.07) is -2.13. The number of nitro groups is 1. The highest BCUT2D eigenvalue weighted by atomic mass is 127. The van der Waals surface area contributed by atoms with Crippen LogP contribution < -0.4 is 0 Å². The summed E-state index contributed by atoms with van der Waals surface area (Å²) < 4.78 is 21.8. The molecule has 0 aliphatic carbocycles. The predicted molar refractivity (Wildman–Crippen MR) is 52.1 cm³/mol. The standard InChI is InChI=1S/C7H4INO4/c8-5-3-4(1-2-6(5)10)7(11)9(12)13/h1-3,10H/i1D,2D,3D. The summed E-state index contributed by atoms with van der Waals surface area (Å²) in [6.45, 7) is 0. The van der Waals surface area contributed by atoms with E-state index in [1.54, 1.807) is 0 Å². The van der Waals surface area contributed by atoms with Gasteiger partial charge in [0.25, 0.3) is 0 Å². The summed E-state index contributed by atoms with van der Waals surface area (Å²) in [4.78, 5) is 20.1. The van der Waals surface area contributed by atoms with Gasteiger partial charge in [0.2, 0.25) is 0 Å². The molecule has 1 rings (SSSR count). The second kappa shape index (κ2) is 3.69. The monoisotopic (exact) mass is 296 g/mol. The van der Waals surface area contributed by atoms with Crippen molar-refractivity contribution in [1.29, 1.82) is 0 Å². The summed E-state index contributed by atoms with van der Waals surface area (Å²) >= 11 is 1.48. The van der Waals surface area contributed by atoms with Crippen LogP contribution in [0.1, 0.15) is 14.5 Å². The van der Waals surface area contributed by atoms with E-state index in [4.69, 9.17) is 4.11 Å². The van der Waals surface area contributed by atoms with Gasteiger partial charge in [-0.1, -0.05) is 0 Å². The van der Waals surface area contributed by atoms with Gasteiger partial charge in [0.1, 0.15) is 10.7 Å². The lowest BCUT2D eigenvalue weighted by Crippen LogP contribution is -2.11. The van der Waals surface area contributed by atoms with Crippen LogP contribution in [-0.4, -0.2) is 15.9 Å². The first-order valence-corrected chi connectivity index (χ1v) is 4.03. The fourth-order valence-electron chi connectivity index (χ4n) is 0.575. The third-order valence-corrected chi connectivity index (χ3v) is 1.91. The molecule has 0 aliphatic rings. The third kappa shape index (κ3) is 2.14. The molecule has 0 aliphatic heterocycles. The van der Waals surface area contributed by atoms with Crippen molar-refractivity contribution in [1.82, 2.24) is 0 Å². The van der Waals surface area contributed by atoms with E-state index in [1.807, 2.05) is 0 Å². The van der Waals surface area contributed by atoms with E-state index in [0.29, 0.717) is 0 Å². The lowest BCUT2D eigenvalue weighted by atomic mass is 10.2. The molecule has 0 unspecified atom stereocenters. The molecule has 0 saturated carbocycles. The van der Waals surface area contributed by atoms with E-state index < -0.39 is 40.3 Å². The van der Waals surface area contributed by atoms with Gasteiger partial charge < -0.3 is 5.11 Å². The molecule has 68 valence electrons. The van der Waals surface area contributed by atoms with E-state index in [9.17, 15) is 20.0 Å². The van der Waals surface area contributed by atoms with Gasteiger partial charge in [-0.25, -0.2) is 4.79 Å². The SMILES string of the molecule is [2H]c1c([2H])c(C(=O)[N+](=O)[O-])c([2H])c(I)c1O. The maximum atomic E-state index is 11.1. The van der Waals surface area contributed by atoms with Crippen LogP contribution in [-0.2, 0) is 0 Å². The Hall–Kier alpha value is -1.18. The molecule has 6 heteroatoms. The van der Waals surface area contributed by atoms with Crippen molar-refractivity contribution in [2.75, 3.05) is 0 Å². The molecule has 1 N–H and O–H groups in total. The van der Waals surface area contributed by atoms with Gasteiger partial charge in [0.05, 0.1) is 13.2 Å². The minimum atomic E-state index is -1.62. The second-order valence-electron chi connectivity index (χ2n) is 1.97. The van der Waals surface area contributed by atoms with Crippen molar-refractivity contribution in [2.24, 2.45) is 0 Å². The normalized spacial score (nSPS) is 12.8. The Bertz CT molecular complexity index is 476. The number of benzene rings is 1. The van der Waals surface area contributed by atoms with Crippen molar-refractivity contribution in [2.45, 2.75) is 0 Å². The summed E-state index contributed by atoms with van der Waals surface area (Å²) in [5, 5.41) is 19.6. The quantitative estimate of drug-likeness (QED) is 0.483.